The fourth-order valence-electron chi connectivity index (χ4n) is 5.18. The van der Waals surface area contributed by atoms with Gasteiger partial charge < -0.3 is 0 Å². The Bertz CT molecular complexity index is 463. The molecule has 0 N–H and O–H groups in total. The molecule has 3 saturated carbocycles. The Kier molecular flexibility index (Phi) is 2.45. The minimum absolute atomic E-state index is 0.0478. The number of carbonyl (C=O) groups is 1. The molecule has 3 aliphatic carbocycles. The number of carbonyl (C=O) groups excluding carboxylic acids is 1. The van der Waals surface area contributed by atoms with E-state index in [1.807, 2.05) is 11.3 Å². The van der Waals surface area contributed by atoms with E-state index in [0.29, 0.717) is 17.6 Å². The van der Waals surface area contributed by atoms with Gasteiger partial charge in [0.1, 0.15) is 5.78 Å². The van der Waals surface area contributed by atoms with E-state index >= 15 is 0 Å². The molecule has 18 heavy (non-hydrogen) atoms. The van der Waals surface area contributed by atoms with E-state index in [1.165, 1.54) is 43.4 Å². The molecule has 2 heteroatoms. The number of thiophene rings is 1. The highest BCUT2D eigenvalue weighted by Crippen LogP contribution is 2.61. The van der Waals surface area contributed by atoms with Crippen molar-refractivity contribution in [1.82, 2.24) is 0 Å². The van der Waals surface area contributed by atoms with Gasteiger partial charge in [0.15, 0.2) is 0 Å². The van der Waals surface area contributed by atoms with E-state index in [4.69, 9.17) is 0 Å². The van der Waals surface area contributed by atoms with Crippen LogP contribution in [0.15, 0.2) is 17.5 Å². The zero-order valence-electron chi connectivity index (χ0n) is 10.7. The van der Waals surface area contributed by atoms with Crippen LogP contribution in [0.2, 0.25) is 0 Å². The smallest absolute Gasteiger partial charge is 0.147 e. The summed E-state index contributed by atoms with van der Waals surface area (Å²) < 4.78 is 0. The van der Waals surface area contributed by atoms with Crippen molar-refractivity contribution in [2.24, 2.45) is 17.8 Å². The fourth-order valence-corrected chi connectivity index (χ4v) is 6.20. The summed E-state index contributed by atoms with van der Waals surface area (Å²) in [5, 5.41) is 2.15. The molecular weight excluding hydrogens is 240 g/mol. The van der Waals surface area contributed by atoms with Crippen LogP contribution in [0.4, 0.5) is 0 Å². The van der Waals surface area contributed by atoms with Crippen LogP contribution in [0.5, 0.6) is 0 Å². The molecule has 0 saturated heterocycles. The van der Waals surface area contributed by atoms with Crippen LogP contribution in [0.1, 0.15) is 49.8 Å². The molecule has 0 spiro atoms. The third-order valence-electron chi connectivity index (χ3n) is 5.79. The van der Waals surface area contributed by atoms with Gasteiger partial charge in [-0.15, -0.1) is 11.3 Å². The second kappa shape index (κ2) is 3.93. The molecule has 96 valence electrons. The minimum atomic E-state index is -0.0478. The van der Waals surface area contributed by atoms with Crippen molar-refractivity contribution in [3.63, 3.8) is 0 Å². The Hall–Kier alpha value is -0.630. The van der Waals surface area contributed by atoms with Crippen LogP contribution in [0.25, 0.3) is 0 Å². The Labute approximate surface area is 113 Å². The molecule has 1 aromatic heterocycles. The summed E-state index contributed by atoms with van der Waals surface area (Å²) in [5.74, 6) is 2.42. The van der Waals surface area contributed by atoms with Gasteiger partial charge in [0.2, 0.25) is 0 Å². The lowest BCUT2D eigenvalue weighted by Gasteiger charge is -2.29. The second-order valence-corrected chi connectivity index (χ2v) is 7.31. The lowest BCUT2D eigenvalue weighted by Crippen LogP contribution is -2.34. The first kappa shape index (κ1) is 11.2. The zero-order chi connectivity index (χ0) is 12.2. The van der Waals surface area contributed by atoms with Crippen LogP contribution in [0.3, 0.4) is 0 Å². The van der Waals surface area contributed by atoms with Gasteiger partial charge in [0, 0.05) is 10.8 Å². The average molecular weight is 260 g/mol. The normalized spacial score (nSPS) is 42.9. The Morgan fingerprint density at radius 3 is 2.89 bits per heavy atom. The summed E-state index contributed by atoms with van der Waals surface area (Å²) in [6.45, 7) is 0. The molecule has 3 fully saturated rings. The second-order valence-electron chi connectivity index (χ2n) is 6.37. The molecule has 0 aliphatic heterocycles. The van der Waals surface area contributed by atoms with Crippen molar-refractivity contribution in [3.8, 4) is 0 Å². The van der Waals surface area contributed by atoms with Crippen molar-refractivity contribution in [2.45, 2.75) is 50.4 Å². The SMILES string of the molecule is O=C1[C@H]2CCCC[C@H]2[C@@H]2CCC[C@]12c1cccs1. The van der Waals surface area contributed by atoms with Crippen LogP contribution in [-0.2, 0) is 10.2 Å². The monoisotopic (exact) mass is 260 g/mol. The summed E-state index contributed by atoms with van der Waals surface area (Å²) >= 11 is 1.82. The third-order valence-corrected chi connectivity index (χ3v) is 6.84. The molecule has 0 aromatic carbocycles. The summed E-state index contributed by atoms with van der Waals surface area (Å²) in [6.07, 6.45) is 8.80. The van der Waals surface area contributed by atoms with Gasteiger partial charge in [-0.1, -0.05) is 25.3 Å². The summed E-state index contributed by atoms with van der Waals surface area (Å²) in [6, 6.07) is 4.34. The van der Waals surface area contributed by atoms with E-state index in [9.17, 15) is 4.79 Å². The molecule has 1 aromatic rings. The van der Waals surface area contributed by atoms with Gasteiger partial charge in [0.25, 0.3) is 0 Å². The quantitative estimate of drug-likeness (QED) is 0.740. The highest BCUT2D eigenvalue weighted by Gasteiger charge is 2.62. The topological polar surface area (TPSA) is 17.1 Å². The summed E-state index contributed by atoms with van der Waals surface area (Å²) in [7, 11) is 0. The van der Waals surface area contributed by atoms with E-state index in [2.05, 4.69) is 17.5 Å². The van der Waals surface area contributed by atoms with E-state index in [-0.39, 0.29) is 5.41 Å². The van der Waals surface area contributed by atoms with Crippen molar-refractivity contribution < 1.29 is 4.79 Å². The number of hydrogen-bond acceptors (Lipinski definition) is 2. The van der Waals surface area contributed by atoms with E-state index in [1.54, 1.807) is 0 Å². The molecule has 1 heterocycles. The molecule has 0 unspecified atom stereocenters. The lowest BCUT2D eigenvalue weighted by molar-refractivity contribution is -0.126. The van der Waals surface area contributed by atoms with Crippen LogP contribution < -0.4 is 0 Å². The third kappa shape index (κ3) is 1.25. The van der Waals surface area contributed by atoms with E-state index in [0.717, 1.165) is 12.3 Å². The molecule has 0 amide bonds. The first-order valence-corrected chi connectivity index (χ1v) is 8.30. The number of Topliss-reactive ketones (excluding diaryl/α,β-unsaturated/α-hetero) is 1. The maximum Gasteiger partial charge on any atom is 0.147 e. The van der Waals surface area contributed by atoms with Gasteiger partial charge in [-0.2, -0.15) is 0 Å². The first-order chi connectivity index (χ1) is 8.84. The molecule has 4 atom stereocenters. The molecule has 3 aliphatic rings. The molecule has 0 bridgehead atoms. The van der Waals surface area contributed by atoms with Crippen LogP contribution in [-0.4, -0.2) is 5.78 Å². The van der Waals surface area contributed by atoms with Crippen molar-refractivity contribution >= 4 is 17.1 Å². The first-order valence-electron chi connectivity index (χ1n) is 7.42. The number of fused-ring (bicyclic) bond motifs is 3. The Morgan fingerprint density at radius 2 is 2.06 bits per heavy atom. The predicted octanol–water partition coefficient (Wildman–Crippen LogP) is 4.18. The number of rotatable bonds is 1. The molecule has 1 nitrogen and oxygen atoms in total. The standard InChI is InChI=1S/C16H20OS/c17-15-12-6-2-1-5-11(12)13-7-3-9-16(13,15)14-8-4-10-18-14/h4,8,10-13H,1-3,5-7,9H2/t11-,12+,13+,16+/m1/s1. The highest BCUT2D eigenvalue weighted by molar-refractivity contribution is 7.10. The minimum Gasteiger partial charge on any atom is -0.298 e. The van der Waals surface area contributed by atoms with Crippen molar-refractivity contribution in [1.29, 1.82) is 0 Å². The molecule has 0 radical (unpaired) electrons. The maximum absolute atomic E-state index is 13.0. The average Bonchev–Trinajstić information content (AvgIpc) is 3.09. The number of hydrogen-bond donors (Lipinski definition) is 0. The van der Waals surface area contributed by atoms with Gasteiger partial charge >= 0.3 is 0 Å². The van der Waals surface area contributed by atoms with Gasteiger partial charge in [0.05, 0.1) is 5.41 Å². The highest BCUT2D eigenvalue weighted by atomic mass is 32.1. The number of ketones is 1. The van der Waals surface area contributed by atoms with Crippen LogP contribution in [0, 0.1) is 17.8 Å². The molecule has 4 rings (SSSR count). The van der Waals surface area contributed by atoms with Gasteiger partial charge in [-0.3, -0.25) is 4.79 Å². The van der Waals surface area contributed by atoms with Gasteiger partial charge in [-0.05, 0) is 49.0 Å². The lowest BCUT2D eigenvalue weighted by atomic mass is 9.75. The summed E-state index contributed by atoms with van der Waals surface area (Å²) in [4.78, 5) is 14.4. The van der Waals surface area contributed by atoms with Crippen molar-refractivity contribution in [2.75, 3.05) is 0 Å². The Morgan fingerprint density at radius 1 is 1.17 bits per heavy atom. The van der Waals surface area contributed by atoms with E-state index < -0.39 is 0 Å². The maximum atomic E-state index is 13.0. The fraction of sp³-hybridized carbons (Fsp3) is 0.688. The summed E-state index contributed by atoms with van der Waals surface area (Å²) in [5.41, 5.74) is -0.0478. The Balaban J connectivity index is 1.83. The largest absolute Gasteiger partial charge is 0.298 e. The molecular formula is C16H20OS. The van der Waals surface area contributed by atoms with Crippen LogP contribution >= 0.6 is 11.3 Å². The van der Waals surface area contributed by atoms with Gasteiger partial charge in [-0.25, -0.2) is 0 Å². The predicted molar refractivity (Wildman–Crippen MR) is 73.8 cm³/mol. The van der Waals surface area contributed by atoms with Crippen molar-refractivity contribution in [3.05, 3.63) is 22.4 Å². The zero-order valence-corrected chi connectivity index (χ0v) is 11.5.